The van der Waals surface area contributed by atoms with E-state index < -0.39 is 30.0 Å². The number of carbonyl (C=O) groups excluding carboxylic acids is 1. The molecule has 1 aliphatic rings. The smallest absolute Gasteiger partial charge is 0.259 e. The van der Waals surface area contributed by atoms with E-state index in [1.807, 2.05) is 32.2 Å². The standard InChI is InChI=1S/C24H26F2N4O3/c1-5-21(26)33-20-9-13(8-19(32-4)22(20)23(31)29-17-10-16(17)25)15-11-28-30-12-14(24(2,3)27)6-7-18(15)30/h5-9,11-12,16-17,21H,1,10,27H2,2-4H3,(H,29,31)/t16-,17+,21?/m0/s1. The van der Waals surface area contributed by atoms with Crippen molar-refractivity contribution in [1.29, 1.82) is 0 Å². The van der Waals surface area contributed by atoms with Crippen molar-refractivity contribution in [2.45, 2.75) is 44.4 Å². The second-order valence-corrected chi connectivity index (χ2v) is 8.62. The Morgan fingerprint density at radius 1 is 1.39 bits per heavy atom. The molecule has 3 aromatic rings. The highest BCUT2D eigenvalue weighted by atomic mass is 19.1. The van der Waals surface area contributed by atoms with E-state index in [1.165, 1.54) is 13.2 Å². The molecule has 1 saturated carbocycles. The number of carbonyl (C=O) groups is 1. The molecule has 7 nitrogen and oxygen atoms in total. The summed E-state index contributed by atoms with van der Waals surface area (Å²) in [6.45, 7) is 7.18. The lowest BCUT2D eigenvalue weighted by atomic mass is 9.97. The minimum absolute atomic E-state index is 0.0199. The van der Waals surface area contributed by atoms with Crippen LogP contribution in [0.5, 0.6) is 11.5 Å². The van der Waals surface area contributed by atoms with Crippen molar-refractivity contribution >= 4 is 11.4 Å². The number of fused-ring (bicyclic) bond motifs is 1. The van der Waals surface area contributed by atoms with Crippen molar-refractivity contribution in [3.05, 3.63) is 60.4 Å². The van der Waals surface area contributed by atoms with Crippen molar-refractivity contribution in [2.24, 2.45) is 5.73 Å². The van der Waals surface area contributed by atoms with Crippen LogP contribution in [0.25, 0.3) is 16.6 Å². The van der Waals surface area contributed by atoms with E-state index in [-0.39, 0.29) is 23.5 Å². The van der Waals surface area contributed by atoms with Crippen LogP contribution in [-0.4, -0.2) is 41.2 Å². The highest BCUT2D eigenvalue weighted by molar-refractivity contribution is 6.01. The number of alkyl halides is 2. The lowest BCUT2D eigenvalue weighted by Crippen LogP contribution is -2.28. The summed E-state index contributed by atoms with van der Waals surface area (Å²) in [6.07, 6.45) is 1.75. The van der Waals surface area contributed by atoms with Crippen LogP contribution in [0.4, 0.5) is 8.78 Å². The van der Waals surface area contributed by atoms with Crippen LogP contribution in [0.3, 0.4) is 0 Å². The summed E-state index contributed by atoms with van der Waals surface area (Å²) >= 11 is 0. The number of amides is 1. The monoisotopic (exact) mass is 456 g/mol. The minimum atomic E-state index is -1.86. The fourth-order valence-corrected chi connectivity index (χ4v) is 3.53. The van der Waals surface area contributed by atoms with Gasteiger partial charge in [-0.2, -0.15) is 9.49 Å². The lowest BCUT2D eigenvalue weighted by molar-refractivity contribution is 0.0912. The topological polar surface area (TPSA) is 90.9 Å². The average Bonchev–Trinajstić information content (AvgIpc) is 3.29. The van der Waals surface area contributed by atoms with Gasteiger partial charge in [0.15, 0.2) is 0 Å². The maximum atomic E-state index is 14.1. The lowest BCUT2D eigenvalue weighted by Gasteiger charge is -2.19. The highest BCUT2D eigenvalue weighted by Gasteiger charge is 2.40. The number of nitrogens with two attached hydrogens (primary N) is 1. The predicted molar refractivity (Wildman–Crippen MR) is 121 cm³/mol. The van der Waals surface area contributed by atoms with Gasteiger partial charge in [-0.25, -0.2) is 8.91 Å². The van der Waals surface area contributed by atoms with Gasteiger partial charge in [0.05, 0.1) is 24.9 Å². The number of nitrogens with zero attached hydrogens (tertiary/aromatic N) is 2. The molecular formula is C24H26F2N4O3. The third-order valence-corrected chi connectivity index (χ3v) is 5.54. The molecule has 1 aliphatic carbocycles. The van der Waals surface area contributed by atoms with Gasteiger partial charge in [0, 0.05) is 23.7 Å². The number of hydrogen-bond acceptors (Lipinski definition) is 5. The molecule has 33 heavy (non-hydrogen) atoms. The maximum absolute atomic E-state index is 14.1. The summed E-state index contributed by atoms with van der Waals surface area (Å²) in [5.74, 6) is -0.500. The van der Waals surface area contributed by atoms with Gasteiger partial charge in [-0.3, -0.25) is 4.79 Å². The molecule has 1 amide bonds. The SMILES string of the molecule is C=CC(F)Oc1cc(-c2cnn3cc(C(C)(C)N)ccc23)cc(OC)c1C(=O)N[C@@H]1C[C@@H]1F. The summed E-state index contributed by atoms with van der Waals surface area (Å²) in [7, 11) is 1.39. The molecule has 0 aliphatic heterocycles. The second-order valence-electron chi connectivity index (χ2n) is 8.62. The fourth-order valence-electron chi connectivity index (χ4n) is 3.53. The number of benzene rings is 1. The molecule has 3 atom stereocenters. The average molecular weight is 456 g/mol. The Bertz CT molecular complexity index is 1220. The largest absolute Gasteiger partial charge is 0.496 e. The van der Waals surface area contributed by atoms with Crippen molar-refractivity contribution in [3.63, 3.8) is 0 Å². The van der Waals surface area contributed by atoms with Gasteiger partial charge < -0.3 is 20.5 Å². The third kappa shape index (κ3) is 4.54. The number of pyridine rings is 1. The molecule has 2 heterocycles. The van der Waals surface area contributed by atoms with Crippen LogP contribution in [0.2, 0.25) is 0 Å². The Labute approximate surface area is 190 Å². The van der Waals surface area contributed by atoms with Crippen LogP contribution < -0.4 is 20.5 Å². The first-order chi connectivity index (χ1) is 15.6. The van der Waals surface area contributed by atoms with E-state index >= 15 is 0 Å². The molecular weight excluding hydrogens is 430 g/mol. The molecule has 1 aromatic carbocycles. The van der Waals surface area contributed by atoms with Crippen molar-refractivity contribution < 1.29 is 23.0 Å². The van der Waals surface area contributed by atoms with Gasteiger partial charge in [0.25, 0.3) is 12.3 Å². The fraction of sp³-hybridized carbons (Fsp3) is 0.333. The zero-order valence-electron chi connectivity index (χ0n) is 18.6. The number of methoxy groups -OCH3 is 1. The van der Waals surface area contributed by atoms with Gasteiger partial charge in [-0.1, -0.05) is 12.6 Å². The number of ether oxygens (including phenoxy) is 2. The third-order valence-electron chi connectivity index (χ3n) is 5.54. The normalized spacial score (nSPS) is 18.6. The van der Waals surface area contributed by atoms with E-state index in [4.69, 9.17) is 15.2 Å². The van der Waals surface area contributed by atoms with Crippen LogP contribution in [0.1, 0.15) is 36.2 Å². The molecule has 174 valence electrons. The van der Waals surface area contributed by atoms with E-state index in [0.29, 0.717) is 11.1 Å². The van der Waals surface area contributed by atoms with Gasteiger partial charge >= 0.3 is 0 Å². The van der Waals surface area contributed by atoms with Crippen molar-refractivity contribution in [3.8, 4) is 22.6 Å². The van der Waals surface area contributed by atoms with Gasteiger partial charge in [-0.15, -0.1) is 0 Å². The zero-order chi connectivity index (χ0) is 23.9. The predicted octanol–water partition coefficient (Wildman–Crippen LogP) is 3.90. The van der Waals surface area contributed by atoms with Crippen molar-refractivity contribution in [1.82, 2.24) is 14.9 Å². The Morgan fingerprint density at radius 2 is 2.09 bits per heavy atom. The first-order valence-electron chi connectivity index (χ1n) is 10.5. The molecule has 1 unspecified atom stereocenters. The van der Waals surface area contributed by atoms with Crippen molar-refractivity contribution in [2.75, 3.05) is 7.11 Å². The summed E-state index contributed by atoms with van der Waals surface area (Å²) in [4.78, 5) is 12.8. The molecule has 9 heteroatoms. The number of aromatic nitrogens is 2. The van der Waals surface area contributed by atoms with E-state index in [9.17, 15) is 13.6 Å². The molecule has 1 fully saturated rings. The maximum Gasteiger partial charge on any atom is 0.259 e. The molecule has 0 spiro atoms. The molecule has 3 N–H and O–H groups in total. The van der Waals surface area contributed by atoms with Gasteiger partial charge in [0.1, 0.15) is 23.2 Å². The first kappa shape index (κ1) is 22.7. The van der Waals surface area contributed by atoms with E-state index in [1.54, 1.807) is 16.8 Å². The minimum Gasteiger partial charge on any atom is -0.496 e. The van der Waals surface area contributed by atoms with Crippen LogP contribution in [0, 0.1) is 0 Å². The highest BCUT2D eigenvalue weighted by Crippen LogP contribution is 2.38. The molecule has 4 rings (SSSR count). The van der Waals surface area contributed by atoms with Gasteiger partial charge in [0.2, 0.25) is 0 Å². The Kier molecular flexibility index (Phi) is 5.84. The van der Waals surface area contributed by atoms with Crippen LogP contribution >= 0.6 is 0 Å². The van der Waals surface area contributed by atoms with Gasteiger partial charge in [-0.05, 0) is 49.2 Å². The number of hydrogen-bond donors (Lipinski definition) is 2. The van der Waals surface area contributed by atoms with E-state index in [0.717, 1.165) is 17.2 Å². The Hall–Kier alpha value is -3.46. The number of rotatable bonds is 8. The summed E-state index contributed by atoms with van der Waals surface area (Å²) in [6, 6.07) is 6.40. The first-order valence-corrected chi connectivity index (χ1v) is 10.5. The molecule has 0 bridgehead atoms. The quantitative estimate of drug-likeness (QED) is 0.502. The molecule has 0 saturated heterocycles. The summed E-state index contributed by atoms with van der Waals surface area (Å²) < 4.78 is 39.9. The Morgan fingerprint density at radius 3 is 2.70 bits per heavy atom. The molecule has 0 radical (unpaired) electrons. The van der Waals surface area contributed by atoms with Crippen LogP contribution in [0.15, 0.2) is 49.3 Å². The molecule has 2 aromatic heterocycles. The summed E-state index contributed by atoms with van der Waals surface area (Å²) in [5, 5.41) is 6.99. The van der Waals surface area contributed by atoms with Crippen LogP contribution in [-0.2, 0) is 5.54 Å². The second kappa shape index (κ2) is 8.47. The Balaban J connectivity index is 1.81. The summed E-state index contributed by atoms with van der Waals surface area (Å²) in [5.41, 5.74) is 8.62. The van der Waals surface area contributed by atoms with E-state index in [2.05, 4.69) is 17.0 Å². The zero-order valence-corrected chi connectivity index (χ0v) is 18.6. The number of halogens is 2. The number of nitrogens with one attached hydrogen (secondary N) is 1.